The van der Waals surface area contributed by atoms with Crippen LogP contribution in [0.5, 0.6) is 5.75 Å². The Labute approximate surface area is 114 Å². The number of alkyl halides is 2. The Morgan fingerprint density at radius 2 is 2.05 bits per heavy atom. The molecule has 0 unspecified atom stereocenters. The number of aromatic nitrogens is 4. The number of hydrogen-bond donors (Lipinski definition) is 1. The SMILES string of the molecule is CC(C)NCc1nnnn1-c1ccccc1OC(F)F. The summed E-state index contributed by atoms with van der Waals surface area (Å²) in [5, 5.41) is 14.4. The van der Waals surface area contributed by atoms with E-state index in [1.54, 1.807) is 18.2 Å². The molecule has 0 saturated carbocycles. The van der Waals surface area contributed by atoms with Crippen LogP contribution in [0.1, 0.15) is 19.7 Å². The first kappa shape index (κ1) is 14.3. The third-order valence-corrected chi connectivity index (χ3v) is 2.51. The zero-order valence-electron chi connectivity index (χ0n) is 11.1. The Morgan fingerprint density at radius 3 is 2.75 bits per heavy atom. The summed E-state index contributed by atoms with van der Waals surface area (Å²) < 4.78 is 30.7. The van der Waals surface area contributed by atoms with Crippen molar-refractivity contribution in [3.05, 3.63) is 30.1 Å². The van der Waals surface area contributed by atoms with Crippen molar-refractivity contribution in [1.29, 1.82) is 0 Å². The molecule has 0 aliphatic rings. The van der Waals surface area contributed by atoms with Crippen LogP contribution in [0.2, 0.25) is 0 Å². The van der Waals surface area contributed by atoms with Gasteiger partial charge in [-0.05, 0) is 22.6 Å². The lowest BCUT2D eigenvalue weighted by Crippen LogP contribution is -2.24. The zero-order chi connectivity index (χ0) is 14.5. The first-order valence-electron chi connectivity index (χ1n) is 6.12. The third kappa shape index (κ3) is 3.47. The zero-order valence-corrected chi connectivity index (χ0v) is 11.1. The average molecular weight is 283 g/mol. The van der Waals surface area contributed by atoms with E-state index < -0.39 is 6.61 Å². The maximum atomic E-state index is 12.4. The Balaban J connectivity index is 2.30. The van der Waals surface area contributed by atoms with Gasteiger partial charge in [0.25, 0.3) is 0 Å². The summed E-state index contributed by atoms with van der Waals surface area (Å²) in [7, 11) is 0. The fourth-order valence-electron chi connectivity index (χ4n) is 1.63. The van der Waals surface area contributed by atoms with Crippen LogP contribution < -0.4 is 10.1 Å². The molecule has 0 radical (unpaired) electrons. The molecule has 1 aromatic heterocycles. The highest BCUT2D eigenvalue weighted by molar-refractivity contribution is 5.46. The smallest absolute Gasteiger partial charge is 0.387 e. The lowest BCUT2D eigenvalue weighted by Gasteiger charge is -2.12. The predicted octanol–water partition coefficient (Wildman–Crippen LogP) is 1.76. The molecular weight excluding hydrogens is 268 g/mol. The summed E-state index contributed by atoms with van der Waals surface area (Å²) in [5.41, 5.74) is 0.373. The molecule has 108 valence electrons. The van der Waals surface area contributed by atoms with E-state index in [1.807, 2.05) is 13.8 Å². The summed E-state index contributed by atoms with van der Waals surface area (Å²) in [4.78, 5) is 0. The van der Waals surface area contributed by atoms with Gasteiger partial charge in [0, 0.05) is 6.04 Å². The van der Waals surface area contributed by atoms with E-state index in [1.165, 1.54) is 10.7 Å². The Kier molecular flexibility index (Phi) is 4.57. The quantitative estimate of drug-likeness (QED) is 0.875. The molecule has 0 saturated heterocycles. The summed E-state index contributed by atoms with van der Waals surface area (Å²) in [6.45, 7) is 1.50. The number of tetrazole rings is 1. The van der Waals surface area contributed by atoms with E-state index in [0.717, 1.165) is 0 Å². The minimum Gasteiger partial charge on any atom is -0.433 e. The maximum absolute atomic E-state index is 12.4. The normalized spacial score (nSPS) is 11.3. The van der Waals surface area contributed by atoms with Gasteiger partial charge in [-0.1, -0.05) is 26.0 Å². The number of hydrogen-bond acceptors (Lipinski definition) is 5. The molecule has 0 fully saturated rings. The molecule has 6 nitrogen and oxygen atoms in total. The van der Waals surface area contributed by atoms with E-state index in [0.29, 0.717) is 18.1 Å². The summed E-state index contributed by atoms with van der Waals surface area (Å²) in [6.07, 6.45) is 0. The number of ether oxygens (including phenoxy) is 1. The molecular formula is C12H15F2N5O. The molecule has 2 aromatic rings. The minimum absolute atomic E-state index is 0.0283. The lowest BCUT2D eigenvalue weighted by atomic mass is 10.3. The van der Waals surface area contributed by atoms with Gasteiger partial charge in [0.15, 0.2) is 11.6 Å². The molecule has 20 heavy (non-hydrogen) atoms. The van der Waals surface area contributed by atoms with E-state index >= 15 is 0 Å². The predicted molar refractivity (Wildman–Crippen MR) is 67.8 cm³/mol. The maximum Gasteiger partial charge on any atom is 0.387 e. The van der Waals surface area contributed by atoms with Gasteiger partial charge in [0.05, 0.1) is 6.54 Å². The average Bonchev–Trinajstić information content (AvgIpc) is 2.84. The van der Waals surface area contributed by atoms with Gasteiger partial charge in [-0.25, -0.2) is 0 Å². The molecule has 1 heterocycles. The molecule has 0 amide bonds. The summed E-state index contributed by atoms with van der Waals surface area (Å²) in [5.74, 6) is 0.546. The fourth-order valence-corrected chi connectivity index (χ4v) is 1.63. The Bertz CT molecular complexity index is 558. The Morgan fingerprint density at radius 1 is 1.30 bits per heavy atom. The van der Waals surface area contributed by atoms with Gasteiger partial charge in [-0.3, -0.25) is 0 Å². The third-order valence-electron chi connectivity index (χ3n) is 2.51. The van der Waals surface area contributed by atoms with Crippen molar-refractivity contribution in [1.82, 2.24) is 25.5 Å². The molecule has 0 aliphatic heterocycles. The second kappa shape index (κ2) is 6.38. The number of nitrogens with one attached hydrogen (secondary N) is 1. The second-order valence-corrected chi connectivity index (χ2v) is 4.39. The molecule has 0 aliphatic carbocycles. The van der Waals surface area contributed by atoms with Crippen molar-refractivity contribution < 1.29 is 13.5 Å². The molecule has 0 bridgehead atoms. The number of benzene rings is 1. The fraction of sp³-hybridized carbons (Fsp3) is 0.417. The van der Waals surface area contributed by atoms with Crippen LogP contribution in [0.25, 0.3) is 5.69 Å². The van der Waals surface area contributed by atoms with E-state index in [2.05, 4.69) is 25.6 Å². The van der Waals surface area contributed by atoms with E-state index in [9.17, 15) is 8.78 Å². The van der Waals surface area contributed by atoms with E-state index in [4.69, 9.17) is 0 Å². The number of rotatable bonds is 6. The van der Waals surface area contributed by atoms with Gasteiger partial charge < -0.3 is 10.1 Å². The van der Waals surface area contributed by atoms with Gasteiger partial charge >= 0.3 is 6.61 Å². The van der Waals surface area contributed by atoms with Gasteiger partial charge in [0.1, 0.15) is 5.69 Å². The highest BCUT2D eigenvalue weighted by Gasteiger charge is 2.15. The van der Waals surface area contributed by atoms with Crippen molar-refractivity contribution in [2.24, 2.45) is 0 Å². The second-order valence-electron chi connectivity index (χ2n) is 4.39. The topological polar surface area (TPSA) is 64.9 Å². The number of nitrogens with zero attached hydrogens (tertiary/aromatic N) is 4. The highest BCUT2D eigenvalue weighted by Crippen LogP contribution is 2.24. The van der Waals surface area contributed by atoms with Crippen molar-refractivity contribution >= 4 is 0 Å². The molecule has 1 N–H and O–H groups in total. The van der Waals surface area contributed by atoms with Crippen LogP contribution in [0.15, 0.2) is 24.3 Å². The first-order valence-corrected chi connectivity index (χ1v) is 6.12. The molecule has 0 spiro atoms. The number of para-hydroxylation sites is 2. The van der Waals surface area contributed by atoms with Crippen molar-refractivity contribution in [2.45, 2.75) is 33.0 Å². The van der Waals surface area contributed by atoms with Crippen molar-refractivity contribution in [3.63, 3.8) is 0 Å². The van der Waals surface area contributed by atoms with Crippen molar-refractivity contribution in [2.75, 3.05) is 0 Å². The minimum atomic E-state index is -2.90. The van der Waals surface area contributed by atoms with Crippen LogP contribution in [0, 0.1) is 0 Å². The molecule has 1 aromatic carbocycles. The van der Waals surface area contributed by atoms with Crippen LogP contribution in [0.4, 0.5) is 8.78 Å². The first-order chi connectivity index (χ1) is 9.58. The van der Waals surface area contributed by atoms with E-state index in [-0.39, 0.29) is 11.8 Å². The Hall–Kier alpha value is -2.09. The monoisotopic (exact) mass is 283 g/mol. The van der Waals surface area contributed by atoms with Crippen LogP contribution >= 0.6 is 0 Å². The summed E-state index contributed by atoms with van der Waals surface area (Å²) >= 11 is 0. The van der Waals surface area contributed by atoms with Crippen LogP contribution in [-0.4, -0.2) is 32.9 Å². The van der Waals surface area contributed by atoms with Crippen LogP contribution in [0.3, 0.4) is 0 Å². The van der Waals surface area contributed by atoms with Gasteiger partial charge in [0.2, 0.25) is 0 Å². The standard InChI is InChI=1S/C12H15F2N5O/c1-8(2)15-7-11-16-17-18-19(11)9-5-3-4-6-10(9)20-12(13)14/h3-6,8,12,15H,7H2,1-2H3. The lowest BCUT2D eigenvalue weighted by molar-refractivity contribution is -0.0499. The van der Waals surface area contributed by atoms with Gasteiger partial charge in [-0.15, -0.1) is 5.10 Å². The number of halogens is 2. The summed E-state index contributed by atoms with van der Waals surface area (Å²) in [6, 6.07) is 6.63. The molecule has 0 atom stereocenters. The largest absolute Gasteiger partial charge is 0.433 e. The highest BCUT2D eigenvalue weighted by atomic mass is 19.3. The molecule has 8 heteroatoms. The van der Waals surface area contributed by atoms with Gasteiger partial charge in [-0.2, -0.15) is 13.5 Å². The van der Waals surface area contributed by atoms with Crippen LogP contribution in [-0.2, 0) is 6.54 Å². The van der Waals surface area contributed by atoms with Crippen molar-refractivity contribution in [3.8, 4) is 11.4 Å². The molecule has 2 rings (SSSR count).